The van der Waals surface area contributed by atoms with Crippen molar-refractivity contribution in [2.75, 3.05) is 5.32 Å². The molecule has 2 amide bonds. The Bertz CT molecular complexity index is 1890. The number of amides is 2. The average Bonchev–Trinajstić information content (AvgIpc) is 3.59. The predicted octanol–water partition coefficient (Wildman–Crippen LogP) is 6.93. The lowest BCUT2D eigenvalue weighted by Crippen LogP contribution is -2.53. The molecule has 1 unspecified atom stereocenters. The van der Waals surface area contributed by atoms with Crippen LogP contribution in [0.3, 0.4) is 0 Å². The molecule has 5 rings (SSSR count). The van der Waals surface area contributed by atoms with Gasteiger partial charge in [0.15, 0.2) is 0 Å². The van der Waals surface area contributed by atoms with Crippen molar-refractivity contribution >= 4 is 23.5 Å². The molecule has 2 heterocycles. The van der Waals surface area contributed by atoms with Crippen LogP contribution in [0.4, 0.5) is 5.69 Å². The molecule has 0 bridgehead atoms. The number of hydrogen-bond acceptors (Lipinski definition) is 6. The smallest absolute Gasteiger partial charge is 0.308 e. The normalized spacial score (nSPS) is 12.3. The highest BCUT2D eigenvalue weighted by Crippen LogP contribution is 2.28. The van der Waals surface area contributed by atoms with Gasteiger partial charge in [-0.3, -0.25) is 19.4 Å². The zero-order valence-electron chi connectivity index (χ0n) is 27.1. The Hall–Kier alpha value is -6.01. The molecule has 0 aliphatic carbocycles. The van der Waals surface area contributed by atoms with Gasteiger partial charge in [-0.15, -0.1) is 0 Å². The molecule has 0 saturated carbocycles. The number of nitriles is 1. The monoisotopic (exact) mass is 639 g/mol. The van der Waals surface area contributed by atoms with E-state index in [1.54, 1.807) is 47.4 Å². The van der Waals surface area contributed by atoms with Crippen molar-refractivity contribution in [2.45, 2.75) is 45.9 Å². The Labute approximate surface area is 280 Å². The minimum Gasteiger partial charge on any atom is -0.461 e. The van der Waals surface area contributed by atoms with Gasteiger partial charge >= 0.3 is 5.97 Å². The Kier molecular flexibility index (Phi) is 10.5. The van der Waals surface area contributed by atoms with Gasteiger partial charge in [-0.25, -0.2) is 0 Å². The number of hydrogen-bond donors (Lipinski definition) is 2. The highest BCUT2D eigenvalue weighted by molar-refractivity contribution is 5.98. The van der Waals surface area contributed by atoms with Crippen LogP contribution in [0.2, 0.25) is 0 Å². The summed E-state index contributed by atoms with van der Waals surface area (Å²) in [6, 6.07) is 30.1. The highest BCUT2D eigenvalue weighted by atomic mass is 16.5. The van der Waals surface area contributed by atoms with Gasteiger partial charge in [0, 0.05) is 30.5 Å². The summed E-state index contributed by atoms with van der Waals surface area (Å²) in [7, 11) is 0. The molecule has 2 aromatic heterocycles. The number of aromatic nitrogens is 2. The largest absolute Gasteiger partial charge is 0.461 e. The zero-order chi connectivity index (χ0) is 34.1. The number of esters is 1. The molecular formula is C39H37N5O4. The minimum atomic E-state index is -0.987. The maximum atomic E-state index is 14.0. The Morgan fingerprint density at radius 3 is 2.02 bits per heavy atom. The summed E-state index contributed by atoms with van der Waals surface area (Å²) in [6.45, 7) is 5.67. The summed E-state index contributed by atoms with van der Waals surface area (Å²) in [4.78, 5) is 44.6. The van der Waals surface area contributed by atoms with Crippen molar-refractivity contribution in [1.82, 2.24) is 14.9 Å². The van der Waals surface area contributed by atoms with Gasteiger partial charge in [0.25, 0.3) is 0 Å². The van der Waals surface area contributed by atoms with E-state index in [0.717, 1.165) is 27.8 Å². The molecule has 0 fully saturated rings. The fourth-order valence-corrected chi connectivity index (χ4v) is 5.22. The number of carbonyl (C=O) groups excluding carboxylic acids is 3. The van der Waals surface area contributed by atoms with Crippen LogP contribution >= 0.6 is 0 Å². The molecule has 0 radical (unpaired) electrons. The molecule has 5 aromatic rings. The quantitative estimate of drug-likeness (QED) is 0.151. The van der Waals surface area contributed by atoms with Crippen LogP contribution in [0.25, 0.3) is 22.3 Å². The van der Waals surface area contributed by atoms with Crippen molar-refractivity contribution in [3.63, 3.8) is 0 Å². The van der Waals surface area contributed by atoms with Crippen LogP contribution in [0.5, 0.6) is 0 Å². The second kappa shape index (κ2) is 15.1. The lowest BCUT2D eigenvalue weighted by Gasteiger charge is -2.32. The average molecular weight is 640 g/mol. The predicted molar refractivity (Wildman–Crippen MR) is 184 cm³/mol. The molecular weight excluding hydrogens is 602 g/mol. The second-order valence-electron chi connectivity index (χ2n) is 12.5. The van der Waals surface area contributed by atoms with Crippen molar-refractivity contribution in [2.24, 2.45) is 5.41 Å². The summed E-state index contributed by atoms with van der Waals surface area (Å²) in [6.07, 6.45) is 6.46. The van der Waals surface area contributed by atoms with E-state index in [0.29, 0.717) is 11.3 Å². The Balaban J connectivity index is 1.37. The Morgan fingerprint density at radius 2 is 1.42 bits per heavy atom. The van der Waals surface area contributed by atoms with Gasteiger partial charge in [-0.1, -0.05) is 87.5 Å². The topological polar surface area (TPSA) is 126 Å². The van der Waals surface area contributed by atoms with E-state index in [4.69, 9.17) is 10.00 Å². The summed E-state index contributed by atoms with van der Waals surface area (Å²) in [5.41, 5.74) is 5.09. The SMILES string of the molecule is CC(C)(C)[C@H](NC(=O)C(CC(=O)OCc1ccccc1)n1ccc(-c2ccc(-c3ccc(C#N)cc3)cc2)c1)C(=O)Nc1ccncc1. The maximum absolute atomic E-state index is 14.0. The molecule has 9 heteroatoms. The molecule has 0 saturated heterocycles. The maximum Gasteiger partial charge on any atom is 0.308 e. The van der Waals surface area contributed by atoms with Gasteiger partial charge in [-0.2, -0.15) is 5.26 Å². The number of nitrogens with one attached hydrogen (secondary N) is 2. The molecule has 3 aromatic carbocycles. The molecule has 2 N–H and O–H groups in total. The zero-order valence-corrected chi connectivity index (χ0v) is 27.1. The van der Waals surface area contributed by atoms with Crippen LogP contribution in [0.15, 0.2) is 122 Å². The first kappa shape index (κ1) is 33.4. The van der Waals surface area contributed by atoms with Gasteiger partial charge in [0.2, 0.25) is 11.8 Å². The number of benzene rings is 3. The number of rotatable bonds is 11. The molecule has 0 aliphatic rings. The van der Waals surface area contributed by atoms with Gasteiger partial charge in [-0.05, 0) is 63.6 Å². The molecule has 242 valence electrons. The third-order valence-electron chi connectivity index (χ3n) is 7.91. The van der Waals surface area contributed by atoms with E-state index in [2.05, 4.69) is 21.7 Å². The Morgan fingerprint density at radius 1 is 0.812 bits per heavy atom. The number of nitrogens with zero attached hydrogens (tertiary/aromatic N) is 3. The number of carbonyl (C=O) groups is 3. The lowest BCUT2D eigenvalue weighted by atomic mass is 9.85. The van der Waals surface area contributed by atoms with E-state index in [-0.39, 0.29) is 18.9 Å². The van der Waals surface area contributed by atoms with Crippen molar-refractivity contribution in [1.29, 1.82) is 5.26 Å². The molecule has 2 atom stereocenters. The summed E-state index contributed by atoms with van der Waals surface area (Å²) < 4.78 is 7.24. The van der Waals surface area contributed by atoms with E-state index >= 15 is 0 Å². The van der Waals surface area contributed by atoms with E-state index in [9.17, 15) is 14.4 Å². The molecule has 48 heavy (non-hydrogen) atoms. The summed E-state index contributed by atoms with van der Waals surface area (Å²) >= 11 is 0. The first-order valence-electron chi connectivity index (χ1n) is 15.6. The van der Waals surface area contributed by atoms with Crippen LogP contribution in [0, 0.1) is 16.7 Å². The van der Waals surface area contributed by atoms with Crippen molar-refractivity contribution < 1.29 is 19.1 Å². The standard InChI is InChI=1S/C39H37N5O4/c1-39(2,3)36(38(47)42-33-17-20-41-21-18-33)43-37(46)34(23-35(45)48-26-28-7-5-4-6-8-28)44-22-19-32(25-44)31-15-13-30(14-16-31)29-11-9-27(24-40)10-12-29/h4-22,25,34,36H,23,26H2,1-3H3,(H,43,46)(H,41,42,47)/t34?,36-/m1/s1. The number of anilines is 1. The third kappa shape index (κ3) is 8.62. The molecule has 0 aliphatic heterocycles. The highest BCUT2D eigenvalue weighted by Gasteiger charge is 2.36. The number of pyridine rings is 1. The van der Waals surface area contributed by atoms with Crippen LogP contribution < -0.4 is 10.6 Å². The second-order valence-corrected chi connectivity index (χ2v) is 12.5. The van der Waals surface area contributed by atoms with Crippen molar-refractivity contribution in [3.05, 3.63) is 133 Å². The van der Waals surface area contributed by atoms with Gasteiger partial charge in [0.1, 0.15) is 18.7 Å². The van der Waals surface area contributed by atoms with Crippen LogP contribution in [-0.4, -0.2) is 33.4 Å². The summed E-state index contributed by atoms with van der Waals surface area (Å²) in [5, 5.41) is 14.9. The third-order valence-corrected chi connectivity index (χ3v) is 7.91. The fourth-order valence-electron chi connectivity index (χ4n) is 5.22. The van der Waals surface area contributed by atoms with E-state index in [1.165, 1.54) is 0 Å². The molecule has 0 spiro atoms. The van der Waals surface area contributed by atoms with Crippen LogP contribution in [0.1, 0.15) is 44.4 Å². The minimum absolute atomic E-state index is 0.0789. The van der Waals surface area contributed by atoms with Crippen LogP contribution in [-0.2, 0) is 25.7 Å². The first-order chi connectivity index (χ1) is 23.1. The van der Waals surface area contributed by atoms with E-state index in [1.807, 2.05) is 99.8 Å². The van der Waals surface area contributed by atoms with Crippen molar-refractivity contribution in [3.8, 4) is 28.3 Å². The summed E-state index contributed by atoms with van der Waals surface area (Å²) in [5.74, 6) is -1.42. The number of ether oxygens (including phenoxy) is 1. The first-order valence-corrected chi connectivity index (χ1v) is 15.6. The van der Waals surface area contributed by atoms with E-state index < -0.39 is 29.4 Å². The lowest BCUT2D eigenvalue weighted by molar-refractivity contribution is -0.148. The van der Waals surface area contributed by atoms with Gasteiger partial charge in [0.05, 0.1) is 18.1 Å². The molecule has 9 nitrogen and oxygen atoms in total. The fraction of sp³-hybridized carbons (Fsp3) is 0.205. The van der Waals surface area contributed by atoms with Gasteiger partial charge < -0.3 is 19.9 Å².